The topological polar surface area (TPSA) is 104 Å². The molecular weight excluding hydrogens is 498 g/mol. The summed E-state index contributed by atoms with van der Waals surface area (Å²) in [6.45, 7) is 0. The van der Waals surface area contributed by atoms with Gasteiger partial charge in [0.2, 0.25) is 11.5 Å². The Hall–Kier alpha value is -3.94. The number of H-pyrrole nitrogens is 1. The highest BCUT2D eigenvalue weighted by molar-refractivity contribution is 7.99. The molecule has 2 N–H and O–H groups in total. The van der Waals surface area contributed by atoms with Gasteiger partial charge in [0.05, 0.1) is 21.8 Å². The van der Waals surface area contributed by atoms with E-state index < -0.39 is 23.5 Å². The Labute approximate surface area is 196 Å². The van der Waals surface area contributed by atoms with Crippen molar-refractivity contribution in [2.75, 3.05) is 0 Å². The molecule has 0 spiro atoms. The molecule has 0 radical (unpaired) electrons. The van der Waals surface area contributed by atoms with Crippen LogP contribution in [-0.4, -0.2) is 26.5 Å². The fourth-order valence-electron chi connectivity index (χ4n) is 2.89. The molecule has 0 fully saturated rings. The van der Waals surface area contributed by atoms with Crippen LogP contribution in [0.1, 0.15) is 11.1 Å². The van der Waals surface area contributed by atoms with E-state index in [1.54, 1.807) is 0 Å². The van der Waals surface area contributed by atoms with Crippen molar-refractivity contribution >= 4 is 18.1 Å². The van der Waals surface area contributed by atoms with Crippen LogP contribution in [0.25, 0.3) is 22.7 Å². The van der Waals surface area contributed by atoms with Crippen molar-refractivity contribution < 1.29 is 30.8 Å². The zero-order valence-electron chi connectivity index (χ0n) is 17.1. The molecule has 2 aromatic heterocycles. The van der Waals surface area contributed by atoms with Gasteiger partial charge in [-0.3, -0.25) is 5.41 Å². The van der Waals surface area contributed by atoms with Crippen LogP contribution in [-0.2, 0) is 12.4 Å². The number of benzene rings is 2. The van der Waals surface area contributed by atoms with Gasteiger partial charge in [0, 0.05) is 11.1 Å². The molecule has 0 saturated carbocycles. The molecular formula is C21H12F6N6OS. The van der Waals surface area contributed by atoms with Gasteiger partial charge in [0.15, 0.2) is 0 Å². The average Bonchev–Trinajstić information content (AvgIpc) is 3.26. The normalized spacial score (nSPS) is 12.7. The van der Waals surface area contributed by atoms with Crippen LogP contribution in [0.4, 0.5) is 26.3 Å². The number of nitrogens with one attached hydrogen (secondary N) is 2. The number of hydrogen-bond acceptors (Lipinski definition) is 6. The molecule has 0 bridgehead atoms. The summed E-state index contributed by atoms with van der Waals surface area (Å²) in [7, 11) is 0. The Bertz CT molecular complexity index is 1430. The summed E-state index contributed by atoms with van der Waals surface area (Å²) in [4.78, 5) is 10.6. The maximum Gasteiger partial charge on any atom is 0.416 e. The Kier molecular flexibility index (Phi) is 6.47. The highest BCUT2D eigenvalue weighted by Gasteiger charge is 2.31. The van der Waals surface area contributed by atoms with Crippen LogP contribution in [0, 0.1) is 5.41 Å². The first-order chi connectivity index (χ1) is 16.5. The van der Waals surface area contributed by atoms with Gasteiger partial charge in [-0.05, 0) is 54.2 Å². The van der Waals surface area contributed by atoms with Gasteiger partial charge in [0.1, 0.15) is 6.34 Å². The second-order valence-corrected chi connectivity index (χ2v) is 7.83. The van der Waals surface area contributed by atoms with Crippen molar-refractivity contribution in [1.29, 1.82) is 5.41 Å². The summed E-state index contributed by atoms with van der Waals surface area (Å²) in [5.74, 6) is -0.0298. The van der Waals surface area contributed by atoms with E-state index in [4.69, 9.17) is 9.83 Å². The molecule has 0 amide bonds. The van der Waals surface area contributed by atoms with Crippen LogP contribution < -0.4 is 5.62 Å². The molecule has 14 heteroatoms. The first-order valence-corrected chi connectivity index (χ1v) is 10.4. The number of halogens is 6. The third-order valence-electron chi connectivity index (χ3n) is 4.46. The lowest BCUT2D eigenvalue weighted by Crippen LogP contribution is -2.14. The van der Waals surface area contributed by atoms with Gasteiger partial charge in [-0.25, -0.2) is 9.98 Å². The van der Waals surface area contributed by atoms with Gasteiger partial charge >= 0.3 is 12.4 Å². The Morgan fingerprint density at radius 3 is 2.26 bits per heavy atom. The number of aromatic nitrogens is 4. The number of aromatic amines is 1. The van der Waals surface area contributed by atoms with Gasteiger partial charge in [-0.15, -0.1) is 10.2 Å². The van der Waals surface area contributed by atoms with E-state index in [0.717, 1.165) is 36.0 Å². The first kappa shape index (κ1) is 24.2. The quantitative estimate of drug-likeness (QED) is 0.152. The van der Waals surface area contributed by atoms with Gasteiger partial charge in [-0.1, -0.05) is 12.1 Å². The van der Waals surface area contributed by atoms with E-state index in [1.165, 1.54) is 30.3 Å². The summed E-state index contributed by atoms with van der Waals surface area (Å²) >= 11 is 0.896. The summed E-state index contributed by atoms with van der Waals surface area (Å²) in [6, 6.07) is 10.1. The Morgan fingerprint density at radius 2 is 1.60 bits per heavy atom. The molecule has 2 aromatic carbocycles. The van der Waals surface area contributed by atoms with E-state index in [1.807, 2.05) is 0 Å². The lowest BCUT2D eigenvalue weighted by molar-refractivity contribution is -0.138. The third-order valence-corrected chi connectivity index (χ3v) is 5.24. The molecule has 0 aliphatic carbocycles. The van der Waals surface area contributed by atoms with Crippen LogP contribution in [0.15, 0.2) is 74.3 Å². The number of rotatable bonds is 5. The van der Waals surface area contributed by atoms with Crippen molar-refractivity contribution in [3.05, 3.63) is 71.3 Å². The monoisotopic (exact) mass is 510 g/mol. The highest BCUT2D eigenvalue weighted by Crippen LogP contribution is 2.34. The minimum absolute atomic E-state index is 0.00172. The zero-order chi connectivity index (χ0) is 25.2. The number of alkyl halides is 6. The van der Waals surface area contributed by atoms with Gasteiger partial charge in [0.25, 0.3) is 5.22 Å². The maximum absolute atomic E-state index is 13.1. The van der Waals surface area contributed by atoms with E-state index in [2.05, 4.69) is 25.2 Å². The van der Waals surface area contributed by atoms with E-state index in [9.17, 15) is 26.3 Å². The minimum Gasteiger partial charge on any atom is -0.411 e. The SMILES string of the molecule is N=C/N=c1/nc(-c2cccc(C(F)(F)F)c2)cc(Sc2nnc(-c3ccc(C(F)(F)F)cc3)o2)[nH]1. The molecule has 2 heterocycles. The second kappa shape index (κ2) is 9.37. The molecule has 0 unspecified atom stereocenters. The first-order valence-electron chi connectivity index (χ1n) is 9.54. The van der Waals surface area contributed by atoms with Crippen LogP contribution in [0.5, 0.6) is 0 Å². The van der Waals surface area contributed by atoms with Crippen molar-refractivity contribution in [2.45, 2.75) is 22.6 Å². The van der Waals surface area contributed by atoms with Crippen LogP contribution in [0.3, 0.4) is 0 Å². The lowest BCUT2D eigenvalue weighted by atomic mass is 10.1. The van der Waals surface area contributed by atoms with Crippen molar-refractivity contribution in [1.82, 2.24) is 20.2 Å². The van der Waals surface area contributed by atoms with E-state index in [0.29, 0.717) is 11.4 Å². The maximum atomic E-state index is 13.1. The Balaban J connectivity index is 1.64. The molecule has 7 nitrogen and oxygen atoms in total. The van der Waals surface area contributed by atoms with Crippen LogP contribution in [0.2, 0.25) is 0 Å². The van der Waals surface area contributed by atoms with Gasteiger partial charge in [-0.2, -0.15) is 26.3 Å². The van der Waals surface area contributed by atoms with E-state index in [-0.39, 0.29) is 33.6 Å². The number of nitrogens with zero attached hydrogens (tertiary/aromatic N) is 4. The summed E-state index contributed by atoms with van der Waals surface area (Å²) < 4.78 is 83.1. The Morgan fingerprint density at radius 1 is 0.886 bits per heavy atom. The highest BCUT2D eigenvalue weighted by atomic mass is 32.2. The summed E-state index contributed by atoms with van der Waals surface area (Å²) in [5.41, 5.74) is -1.18. The minimum atomic E-state index is -4.55. The molecule has 4 rings (SSSR count). The zero-order valence-corrected chi connectivity index (χ0v) is 18.0. The molecule has 0 saturated heterocycles. The predicted molar refractivity (Wildman–Crippen MR) is 112 cm³/mol. The van der Waals surface area contributed by atoms with Crippen LogP contribution >= 0.6 is 11.8 Å². The molecule has 180 valence electrons. The predicted octanol–water partition coefficient (Wildman–Crippen LogP) is 5.82. The van der Waals surface area contributed by atoms with Crippen molar-refractivity contribution in [3.8, 4) is 22.7 Å². The summed E-state index contributed by atoms with van der Waals surface area (Å²) in [6.07, 6.45) is -8.32. The smallest absolute Gasteiger partial charge is 0.411 e. The second-order valence-electron chi connectivity index (χ2n) is 6.84. The number of hydrogen-bond donors (Lipinski definition) is 2. The van der Waals surface area contributed by atoms with E-state index >= 15 is 0 Å². The molecule has 0 aliphatic heterocycles. The average molecular weight is 510 g/mol. The summed E-state index contributed by atoms with van der Waals surface area (Å²) in [5, 5.41) is 15.1. The fraction of sp³-hybridized carbons (Fsp3) is 0.0952. The van der Waals surface area contributed by atoms with Crippen molar-refractivity contribution in [3.63, 3.8) is 0 Å². The third kappa shape index (κ3) is 5.77. The van der Waals surface area contributed by atoms with Crippen molar-refractivity contribution in [2.24, 2.45) is 4.99 Å². The molecule has 4 aromatic rings. The standard InChI is InChI=1S/C21H12F6N6OS/c22-20(23,24)13-6-4-11(5-7-13)17-32-33-19(34-17)35-16-9-15(30-18(31-16)29-10-28)12-2-1-3-14(8-12)21(25,26)27/h1-10H,(H2,28,29,30,31). The largest absolute Gasteiger partial charge is 0.416 e. The van der Waals surface area contributed by atoms with Gasteiger partial charge < -0.3 is 9.40 Å². The molecule has 0 atom stereocenters. The lowest BCUT2D eigenvalue weighted by Gasteiger charge is -2.09. The molecule has 0 aliphatic rings. The molecule has 35 heavy (non-hydrogen) atoms. The fourth-order valence-corrected chi connectivity index (χ4v) is 3.59.